The molecule has 178 valence electrons. The molecule has 10 nitrogen and oxygen atoms in total. The number of amides is 1. The van der Waals surface area contributed by atoms with Crippen molar-refractivity contribution in [3.8, 4) is 11.5 Å². The maximum atomic E-state index is 13.3. The fourth-order valence-electron chi connectivity index (χ4n) is 3.81. The van der Waals surface area contributed by atoms with Gasteiger partial charge in [-0.15, -0.1) is 0 Å². The van der Waals surface area contributed by atoms with Gasteiger partial charge in [0.15, 0.2) is 17.3 Å². The first-order valence-corrected chi connectivity index (χ1v) is 10.2. The van der Waals surface area contributed by atoms with Gasteiger partial charge in [-0.1, -0.05) is 0 Å². The summed E-state index contributed by atoms with van der Waals surface area (Å²) in [5, 5.41) is 13.3. The van der Waals surface area contributed by atoms with E-state index >= 15 is 0 Å². The van der Waals surface area contributed by atoms with Crippen molar-refractivity contribution in [3.05, 3.63) is 45.4 Å². The lowest BCUT2D eigenvalue weighted by molar-refractivity contribution is -0.133. The number of allylic oxidation sites excluding steroid dienone is 4. The molecule has 10 heteroatoms. The maximum absolute atomic E-state index is 13.3. The Kier molecular flexibility index (Phi) is 6.45. The van der Waals surface area contributed by atoms with E-state index in [4.69, 9.17) is 14.2 Å². The number of rotatable bonds is 5. The molecule has 1 aromatic rings. The number of fused-ring (bicyclic) bond motifs is 3. The molecule has 1 aliphatic heterocycles. The van der Waals surface area contributed by atoms with E-state index in [2.05, 4.69) is 5.32 Å². The van der Waals surface area contributed by atoms with E-state index in [-0.39, 0.29) is 63.4 Å². The van der Waals surface area contributed by atoms with Gasteiger partial charge in [0.1, 0.15) is 17.3 Å². The van der Waals surface area contributed by atoms with E-state index in [1.54, 1.807) is 6.92 Å². The summed E-state index contributed by atoms with van der Waals surface area (Å²) in [5.41, 5.74) is 0.287. The quantitative estimate of drug-likeness (QED) is 0.218. The molecule has 0 bridgehead atoms. The highest BCUT2D eigenvalue weighted by molar-refractivity contribution is 6.40. The van der Waals surface area contributed by atoms with Crippen molar-refractivity contribution in [1.29, 1.82) is 0 Å². The fraction of sp³-hybridized carbons (Fsp3) is 0.292. The molecular formula is C24H23NO9. The molecule has 1 aromatic carbocycles. The Balaban J connectivity index is 2.50. The zero-order chi connectivity index (χ0) is 25.5. The molecule has 0 spiro atoms. The highest BCUT2D eigenvalue weighted by Gasteiger charge is 2.41. The molecule has 2 aliphatic rings. The second kappa shape index (κ2) is 8.97. The number of Topliss-reactive ketones (excluding diaryl/α,β-unsaturated/α-hetero) is 2. The Morgan fingerprint density at radius 1 is 1.03 bits per heavy atom. The number of benzene rings is 1. The lowest BCUT2D eigenvalue weighted by Gasteiger charge is -2.32. The zero-order valence-electron chi connectivity index (χ0n) is 19.5. The summed E-state index contributed by atoms with van der Waals surface area (Å²) in [4.78, 5) is 60.6. The first kappa shape index (κ1) is 24.4. The maximum Gasteiger partial charge on any atom is 0.308 e. The fourth-order valence-corrected chi connectivity index (χ4v) is 3.81. The van der Waals surface area contributed by atoms with Crippen molar-refractivity contribution in [2.75, 3.05) is 12.1 Å². The molecule has 3 rings (SSSR count). The second-order valence-electron chi connectivity index (χ2n) is 7.86. The van der Waals surface area contributed by atoms with Crippen LogP contribution in [0.1, 0.15) is 56.1 Å². The van der Waals surface area contributed by atoms with Gasteiger partial charge in [0.05, 0.1) is 16.8 Å². The number of carbonyl (C=O) groups is 5. The highest BCUT2D eigenvalue weighted by Crippen LogP contribution is 2.52. The van der Waals surface area contributed by atoms with Crippen molar-refractivity contribution in [2.45, 2.75) is 41.5 Å². The van der Waals surface area contributed by atoms with E-state index in [1.165, 1.54) is 26.8 Å². The lowest BCUT2D eigenvalue weighted by Crippen LogP contribution is -2.26. The number of esters is 1. The number of hydrogen-bond acceptors (Lipinski definition) is 9. The van der Waals surface area contributed by atoms with Gasteiger partial charge < -0.3 is 24.6 Å². The monoisotopic (exact) mass is 469 g/mol. The molecular weight excluding hydrogens is 446 g/mol. The zero-order valence-corrected chi connectivity index (χ0v) is 19.5. The molecule has 0 atom stereocenters. The largest absolute Gasteiger partial charge is 0.505 e. The van der Waals surface area contributed by atoms with E-state index in [9.17, 15) is 29.1 Å². The van der Waals surface area contributed by atoms with Crippen LogP contribution in [0.2, 0.25) is 0 Å². The van der Waals surface area contributed by atoms with Gasteiger partial charge in [-0.05, 0) is 39.3 Å². The minimum absolute atomic E-state index is 0.00243. The van der Waals surface area contributed by atoms with Crippen molar-refractivity contribution in [3.63, 3.8) is 0 Å². The average molecular weight is 469 g/mol. The molecule has 0 saturated carbocycles. The van der Waals surface area contributed by atoms with Crippen molar-refractivity contribution >= 4 is 40.5 Å². The number of carbonyl (C=O) groups excluding carboxylic acids is 5. The molecule has 2 N–H and O–H groups in total. The molecule has 0 radical (unpaired) electrons. The van der Waals surface area contributed by atoms with Gasteiger partial charge in [-0.25, -0.2) is 0 Å². The summed E-state index contributed by atoms with van der Waals surface area (Å²) in [5.74, 6) is -3.94. The first-order chi connectivity index (χ1) is 15.9. The third-order valence-corrected chi connectivity index (χ3v) is 5.27. The molecule has 1 amide bonds. The Labute approximate surface area is 194 Å². The Morgan fingerprint density at radius 2 is 1.68 bits per heavy atom. The summed E-state index contributed by atoms with van der Waals surface area (Å²) in [6.07, 6.45) is 1.33. The van der Waals surface area contributed by atoms with Crippen LogP contribution in [0.3, 0.4) is 0 Å². The summed E-state index contributed by atoms with van der Waals surface area (Å²) >= 11 is 0. The molecule has 0 fully saturated rings. The number of phenolic OH excluding ortho intramolecular Hbond substituents is 1. The standard InChI is InChI=1S/C24H23NO9/c1-9(7-10(2)26)21-17-15-16(19(29)12(4)22(17)33-8-32-21)20(30)18(25-24(31)13(5)27)11(3)23(15)34-14(6)28/h7,30H,8H2,1-6H3,(H,25,31). The Hall–Kier alpha value is -4.21. The van der Waals surface area contributed by atoms with Gasteiger partial charge in [0.2, 0.25) is 12.6 Å². The number of phenols is 1. The van der Waals surface area contributed by atoms with Crippen molar-refractivity contribution < 1.29 is 43.3 Å². The van der Waals surface area contributed by atoms with Crippen LogP contribution in [0.15, 0.2) is 28.7 Å². The predicted octanol–water partition coefficient (Wildman–Crippen LogP) is 2.87. The molecule has 0 aromatic heterocycles. The normalized spacial score (nSPS) is 15.1. The van der Waals surface area contributed by atoms with Crippen LogP contribution in [-0.2, 0) is 28.7 Å². The summed E-state index contributed by atoms with van der Waals surface area (Å²) < 4.78 is 16.7. The van der Waals surface area contributed by atoms with Crippen LogP contribution in [0.5, 0.6) is 11.5 Å². The van der Waals surface area contributed by atoms with Crippen LogP contribution >= 0.6 is 0 Å². The van der Waals surface area contributed by atoms with Crippen LogP contribution in [0.25, 0.3) is 5.57 Å². The van der Waals surface area contributed by atoms with E-state index in [0.29, 0.717) is 5.57 Å². The predicted molar refractivity (Wildman–Crippen MR) is 119 cm³/mol. The molecule has 1 heterocycles. The minimum Gasteiger partial charge on any atom is -0.505 e. The van der Waals surface area contributed by atoms with E-state index < -0.39 is 29.2 Å². The summed E-state index contributed by atoms with van der Waals surface area (Å²) in [6, 6.07) is 0. The van der Waals surface area contributed by atoms with Crippen molar-refractivity contribution in [1.82, 2.24) is 0 Å². The smallest absolute Gasteiger partial charge is 0.308 e. The average Bonchev–Trinajstić information content (AvgIpc) is 2.75. The molecule has 1 aliphatic carbocycles. The Bertz CT molecular complexity index is 1280. The SMILES string of the molecule is CC(=O)C=C(C)C1=C2C(=C(C)C(=O)c3c(O)c(NC(=O)C(C)=O)c(C)c(OC(C)=O)c32)OCO1. The molecule has 0 saturated heterocycles. The summed E-state index contributed by atoms with van der Waals surface area (Å²) in [6.45, 7) is 7.84. The number of hydrogen-bond donors (Lipinski definition) is 2. The van der Waals surface area contributed by atoms with E-state index in [0.717, 1.165) is 13.8 Å². The summed E-state index contributed by atoms with van der Waals surface area (Å²) in [7, 11) is 0. The third kappa shape index (κ3) is 4.09. The third-order valence-electron chi connectivity index (χ3n) is 5.27. The van der Waals surface area contributed by atoms with Gasteiger partial charge >= 0.3 is 5.97 Å². The first-order valence-electron chi connectivity index (χ1n) is 10.2. The van der Waals surface area contributed by atoms with Gasteiger partial charge in [0, 0.05) is 30.5 Å². The number of ketones is 3. The number of anilines is 1. The van der Waals surface area contributed by atoms with Gasteiger partial charge in [-0.2, -0.15) is 0 Å². The molecule has 0 unspecified atom stereocenters. The van der Waals surface area contributed by atoms with Crippen LogP contribution < -0.4 is 10.1 Å². The minimum atomic E-state index is -1.03. The van der Waals surface area contributed by atoms with Crippen LogP contribution in [0.4, 0.5) is 5.69 Å². The van der Waals surface area contributed by atoms with Crippen molar-refractivity contribution in [2.24, 2.45) is 0 Å². The van der Waals surface area contributed by atoms with Crippen LogP contribution in [-0.4, -0.2) is 41.1 Å². The molecule has 34 heavy (non-hydrogen) atoms. The van der Waals surface area contributed by atoms with Crippen LogP contribution in [0, 0.1) is 6.92 Å². The number of aromatic hydroxyl groups is 1. The van der Waals surface area contributed by atoms with E-state index in [1.807, 2.05) is 0 Å². The highest BCUT2D eigenvalue weighted by atomic mass is 16.7. The van der Waals surface area contributed by atoms with Gasteiger partial charge in [-0.3, -0.25) is 24.0 Å². The number of ether oxygens (including phenoxy) is 3. The topological polar surface area (TPSA) is 145 Å². The van der Waals surface area contributed by atoms with Gasteiger partial charge in [0.25, 0.3) is 5.91 Å². The Morgan fingerprint density at radius 3 is 2.24 bits per heavy atom. The lowest BCUT2D eigenvalue weighted by atomic mass is 9.81. The number of nitrogens with one attached hydrogen (secondary N) is 1. The second-order valence-corrected chi connectivity index (χ2v) is 7.86.